The van der Waals surface area contributed by atoms with Gasteiger partial charge in [-0.15, -0.1) is 0 Å². The highest BCUT2D eigenvalue weighted by Crippen LogP contribution is 2.23. The highest BCUT2D eigenvalue weighted by molar-refractivity contribution is 9.08. The van der Waals surface area contributed by atoms with Gasteiger partial charge in [-0.3, -0.25) is 4.68 Å². The molecule has 0 unspecified atom stereocenters. The van der Waals surface area contributed by atoms with Crippen molar-refractivity contribution in [3.63, 3.8) is 0 Å². The number of benzene rings is 1. The summed E-state index contributed by atoms with van der Waals surface area (Å²) in [4.78, 5) is 0. The maximum Gasteiger partial charge on any atom is 0.0955 e. The molecule has 0 saturated carbocycles. The SMILES string of the molecule is CCn1nc2c(C)cccc2c1CBr. The standard InChI is InChI=1S/C11H13BrN2/c1-3-14-10(7-12)9-6-4-5-8(2)11(9)13-14/h4-6H,3,7H2,1-2H3. The van der Waals surface area contributed by atoms with Crippen LogP contribution in [0.2, 0.25) is 0 Å². The van der Waals surface area contributed by atoms with Crippen LogP contribution >= 0.6 is 15.9 Å². The summed E-state index contributed by atoms with van der Waals surface area (Å²) in [5.41, 5.74) is 3.65. The molecule has 2 aromatic rings. The summed E-state index contributed by atoms with van der Waals surface area (Å²) in [6.45, 7) is 5.15. The second-order valence-electron chi connectivity index (χ2n) is 3.37. The zero-order valence-electron chi connectivity index (χ0n) is 8.42. The van der Waals surface area contributed by atoms with Crippen molar-refractivity contribution in [2.24, 2.45) is 0 Å². The molecule has 0 aliphatic rings. The van der Waals surface area contributed by atoms with Crippen LogP contribution in [-0.4, -0.2) is 9.78 Å². The van der Waals surface area contributed by atoms with E-state index in [-0.39, 0.29) is 0 Å². The third-order valence-corrected chi connectivity index (χ3v) is 3.04. The van der Waals surface area contributed by atoms with Gasteiger partial charge < -0.3 is 0 Å². The van der Waals surface area contributed by atoms with E-state index in [1.165, 1.54) is 16.6 Å². The number of hydrogen-bond donors (Lipinski definition) is 0. The summed E-state index contributed by atoms with van der Waals surface area (Å²) in [5.74, 6) is 0. The minimum atomic E-state index is 0.862. The van der Waals surface area contributed by atoms with Gasteiger partial charge in [0.05, 0.1) is 11.2 Å². The topological polar surface area (TPSA) is 17.8 Å². The molecule has 0 radical (unpaired) electrons. The van der Waals surface area contributed by atoms with E-state index in [0.717, 1.165) is 17.4 Å². The monoisotopic (exact) mass is 252 g/mol. The van der Waals surface area contributed by atoms with E-state index in [4.69, 9.17) is 0 Å². The minimum Gasteiger partial charge on any atom is -0.268 e. The lowest BCUT2D eigenvalue weighted by Crippen LogP contribution is -2.00. The van der Waals surface area contributed by atoms with Crippen LogP contribution in [-0.2, 0) is 11.9 Å². The van der Waals surface area contributed by atoms with Gasteiger partial charge in [-0.1, -0.05) is 34.1 Å². The Hall–Kier alpha value is -0.830. The Balaban J connectivity index is 2.79. The molecule has 0 bridgehead atoms. The van der Waals surface area contributed by atoms with Crippen LogP contribution < -0.4 is 0 Å². The van der Waals surface area contributed by atoms with Crippen LogP contribution in [0.5, 0.6) is 0 Å². The van der Waals surface area contributed by atoms with Gasteiger partial charge in [0.15, 0.2) is 0 Å². The summed E-state index contributed by atoms with van der Waals surface area (Å²) in [6, 6.07) is 6.33. The van der Waals surface area contributed by atoms with Crippen LogP contribution in [0.25, 0.3) is 10.9 Å². The highest BCUT2D eigenvalue weighted by atomic mass is 79.9. The molecule has 14 heavy (non-hydrogen) atoms. The van der Waals surface area contributed by atoms with Gasteiger partial charge in [0, 0.05) is 17.3 Å². The van der Waals surface area contributed by atoms with E-state index in [2.05, 4.69) is 57.8 Å². The number of hydrogen-bond acceptors (Lipinski definition) is 1. The second-order valence-corrected chi connectivity index (χ2v) is 3.93. The van der Waals surface area contributed by atoms with Crippen molar-refractivity contribution in [2.45, 2.75) is 25.7 Å². The highest BCUT2D eigenvalue weighted by Gasteiger charge is 2.09. The molecule has 0 spiro atoms. The fourth-order valence-electron chi connectivity index (χ4n) is 1.75. The molecular weight excluding hydrogens is 240 g/mol. The zero-order chi connectivity index (χ0) is 10.1. The number of nitrogens with zero attached hydrogens (tertiary/aromatic N) is 2. The first kappa shape index (κ1) is 9.71. The van der Waals surface area contributed by atoms with Gasteiger partial charge in [0.2, 0.25) is 0 Å². The fraction of sp³-hybridized carbons (Fsp3) is 0.364. The van der Waals surface area contributed by atoms with Crippen molar-refractivity contribution in [1.29, 1.82) is 0 Å². The van der Waals surface area contributed by atoms with Crippen LogP contribution in [0.15, 0.2) is 18.2 Å². The summed E-state index contributed by atoms with van der Waals surface area (Å²) >= 11 is 3.51. The molecule has 0 saturated heterocycles. The van der Waals surface area contributed by atoms with E-state index in [1.807, 2.05) is 0 Å². The number of alkyl halides is 1. The van der Waals surface area contributed by atoms with Gasteiger partial charge in [-0.2, -0.15) is 5.10 Å². The molecule has 2 nitrogen and oxygen atoms in total. The molecule has 0 amide bonds. The van der Waals surface area contributed by atoms with E-state index in [9.17, 15) is 0 Å². The Bertz CT molecular complexity index is 460. The van der Waals surface area contributed by atoms with Gasteiger partial charge in [0.1, 0.15) is 0 Å². The Morgan fingerprint density at radius 3 is 2.86 bits per heavy atom. The third kappa shape index (κ3) is 1.36. The molecule has 0 fully saturated rings. The maximum absolute atomic E-state index is 4.59. The Kier molecular flexibility index (Phi) is 2.59. The zero-order valence-corrected chi connectivity index (χ0v) is 10.0. The number of rotatable bonds is 2. The molecule has 74 valence electrons. The first-order valence-electron chi connectivity index (χ1n) is 4.79. The lowest BCUT2D eigenvalue weighted by Gasteiger charge is -1.99. The van der Waals surface area contributed by atoms with E-state index in [0.29, 0.717) is 0 Å². The quantitative estimate of drug-likeness (QED) is 0.751. The molecule has 1 heterocycles. The van der Waals surface area contributed by atoms with Crippen molar-refractivity contribution in [3.8, 4) is 0 Å². The van der Waals surface area contributed by atoms with Crippen molar-refractivity contribution in [3.05, 3.63) is 29.5 Å². The number of aryl methyl sites for hydroxylation is 2. The van der Waals surface area contributed by atoms with E-state index >= 15 is 0 Å². The molecule has 0 aliphatic heterocycles. The Morgan fingerprint density at radius 2 is 2.21 bits per heavy atom. The van der Waals surface area contributed by atoms with Gasteiger partial charge >= 0.3 is 0 Å². The first-order valence-corrected chi connectivity index (χ1v) is 5.91. The van der Waals surface area contributed by atoms with Crippen molar-refractivity contribution < 1.29 is 0 Å². The lowest BCUT2D eigenvalue weighted by atomic mass is 10.1. The summed E-state index contributed by atoms with van der Waals surface area (Å²) in [5, 5.41) is 6.72. The first-order chi connectivity index (χ1) is 6.77. The van der Waals surface area contributed by atoms with Gasteiger partial charge in [0.25, 0.3) is 0 Å². The van der Waals surface area contributed by atoms with E-state index < -0.39 is 0 Å². The molecule has 1 aromatic carbocycles. The minimum absolute atomic E-state index is 0.862. The number of fused-ring (bicyclic) bond motifs is 1. The molecule has 2 rings (SSSR count). The van der Waals surface area contributed by atoms with Crippen molar-refractivity contribution >= 4 is 26.8 Å². The van der Waals surface area contributed by atoms with Crippen LogP contribution in [0.3, 0.4) is 0 Å². The Morgan fingerprint density at radius 1 is 1.43 bits per heavy atom. The molecular formula is C11H13BrN2. The maximum atomic E-state index is 4.59. The van der Waals surface area contributed by atoms with E-state index in [1.54, 1.807) is 0 Å². The smallest absolute Gasteiger partial charge is 0.0955 e. The van der Waals surface area contributed by atoms with Crippen molar-refractivity contribution in [2.75, 3.05) is 0 Å². The summed E-state index contributed by atoms with van der Waals surface area (Å²) < 4.78 is 2.06. The average molecular weight is 253 g/mol. The predicted octanol–water partition coefficient (Wildman–Crippen LogP) is 3.26. The fourth-order valence-corrected chi connectivity index (χ4v) is 2.34. The second kappa shape index (κ2) is 3.73. The normalized spacial score (nSPS) is 11.1. The predicted molar refractivity (Wildman–Crippen MR) is 62.8 cm³/mol. The third-order valence-electron chi connectivity index (χ3n) is 2.51. The number of aromatic nitrogens is 2. The Labute approximate surface area is 92.0 Å². The van der Waals surface area contributed by atoms with Crippen LogP contribution in [0.4, 0.5) is 0 Å². The molecule has 0 aliphatic carbocycles. The summed E-state index contributed by atoms with van der Waals surface area (Å²) in [7, 11) is 0. The van der Waals surface area contributed by atoms with Crippen molar-refractivity contribution in [1.82, 2.24) is 9.78 Å². The van der Waals surface area contributed by atoms with Gasteiger partial charge in [-0.05, 0) is 19.4 Å². The van der Waals surface area contributed by atoms with Crippen LogP contribution in [0.1, 0.15) is 18.2 Å². The van der Waals surface area contributed by atoms with Gasteiger partial charge in [-0.25, -0.2) is 0 Å². The lowest BCUT2D eigenvalue weighted by molar-refractivity contribution is 0.645. The average Bonchev–Trinajstić information content (AvgIpc) is 2.57. The molecule has 0 N–H and O–H groups in total. The molecule has 3 heteroatoms. The molecule has 1 aromatic heterocycles. The summed E-state index contributed by atoms with van der Waals surface area (Å²) in [6.07, 6.45) is 0. The molecule has 0 atom stereocenters. The van der Waals surface area contributed by atoms with Crippen LogP contribution in [0, 0.1) is 6.92 Å². The number of halogens is 1. The largest absolute Gasteiger partial charge is 0.268 e.